The fourth-order valence-electron chi connectivity index (χ4n) is 1.49. The molecule has 3 nitrogen and oxygen atoms in total. The lowest BCUT2D eigenvalue weighted by atomic mass is 9.97. The average Bonchev–Trinajstić information content (AvgIpc) is 2.20. The minimum atomic E-state index is -0.105. The van der Waals surface area contributed by atoms with Crippen LogP contribution in [0.25, 0.3) is 0 Å². The number of halogens is 1. The van der Waals surface area contributed by atoms with E-state index in [2.05, 4.69) is 12.2 Å². The Morgan fingerprint density at radius 3 is 3.00 bits per heavy atom. The molecule has 1 amide bonds. The Labute approximate surface area is 90.1 Å². The van der Waals surface area contributed by atoms with Crippen molar-refractivity contribution in [3.05, 3.63) is 0 Å². The Morgan fingerprint density at radius 1 is 1.71 bits per heavy atom. The summed E-state index contributed by atoms with van der Waals surface area (Å²) in [5.41, 5.74) is 0. The van der Waals surface area contributed by atoms with Gasteiger partial charge in [0, 0.05) is 24.4 Å². The summed E-state index contributed by atoms with van der Waals surface area (Å²) in [5, 5.41) is 3.02. The van der Waals surface area contributed by atoms with Gasteiger partial charge in [0.2, 0.25) is 5.91 Å². The SMILES string of the molecule is CC(CCl)C(=O)NC1CCOCC1C. The van der Waals surface area contributed by atoms with E-state index < -0.39 is 0 Å². The maximum Gasteiger partial charge on any atom is 0.224 e. The quantitative estimate of drug-likeness (QED) is 0.729. The molecular weight excluding hydrogens is 202 g/mol. The summed E-state index contributed by atoms with van der Waals surface area (Å²) in [6, 6.07) is 0.252. The molecule has 14 heavy (non-hydrogen) atoms. The predicted octanol–water partition coefficient (Wildman–Crippen LogP) is 1.40. The molecule has 1 N–H and O–H groups in total. The molecule has 0 bridgehead atoms. The molecule has 3 unspecified atom stereocenters. The van der Waals surface area contributed by atoms with E-state index in [0.717, 1.165) is 19.6 Å². The molecule has 1 saturated heterocycles. The number of rotatable bonds is 3. The Bertz CT molecular complexity index is 199. The van der Waals surface area contributed by atoms with Crippen molar-refractivity contribution >= 4 is 17.5 Å². The Balaban J connectivity index is 2.38. The van der Waals surface area contributed by atoms with Gasteiger partial charge in [-0.3, -0.25) is 4.79 Å². The zero-order valence-corrected chi connectivity index (χ0v) is 9.51. The average molecular weight is 220 g/mol. The molecule has 82 valence electrons. The van der Waals surface area contributed by atoms with Crippen molar-refractivity contribution in [2.45, 2.75) is 26.3 Å². The standard InChI is InChI=1S/C10H18ClNO2/c1-7(5-11)10(13)12-9-3-4-14-6-8(9)2/h7-9H,3-6H2,1-2H3,(H,12,13). The predicted molar refractivity (Wildman–Crippen MR) is 56.4 cm³/mol. The molecule has 1 rings (SSSR count). The lowest BCUT2D eigenvalue weighted by molar-refractivity contribution is -0.125. The Morgan fingerprint density at radius 2 is 2.43 bits per heavy atom. The molecular formula is C10H18ClNO2. The van der Waals surface area contributed by atoms with Gasteiger partial charge in [-0.2, -0.15) is 0 Å². The summed E-state index contributed by atoms with van der Waals surface area (Å²) >= 11 is 5.62. The van der Waals surface area contributed by atoms with E-state index in [1.807, 2.05) is 6.92 Å². The van der Waals surface area contributed by atoms with Gasteiger partial charge >= 0.3 is 0 Å². The van der Waals surface area contributed by atoms with Crippen LogP contribution in [0, 0.1) is 11.8 Å². The van der Waals surface area contributed by atoms with Gasteiger partial charge in [-0.25, -0.2) is 0 Å². The Hall–Kier alpha value is -0.280. The molecule has 0 aliphatic carbocycles. The maximum atomic E-state index is 11.6. The van der Waals surface area contributed by atoms with Crippen LogP contribution in [0.5, 0.6) is 0 Å². The summed E-state index contributed by atoms with van der Waals surface area (Å²) in [5.74, 6) is 0.726. The lowest BCUT2D eigenvalue weighted by Crippen LogP contribution is -2.46. The molecule has 3 atom stereocenters. The van der Waals surface area contributed by atoms with Gasteiger partial charge < -0.3 is 10.1 Å². The highest BCUT2D eigenvalue weighted by atomic mass is 35.5. The molecule has 4 heteroatoms. The van der Waals surface area contributed by atoms with Crippen LogP contribution in [0.15, 0.2) is 0 Å². The first kappa shape index (κ1) is 11.8. The van der Waals surface area contributed by atoms with Gasteiger partial charge in [0.15, 0.2) is 0 Å². The second kappa shape index (κ2) is 5.56. The van der Waals surface area contributed by atoms with Gasteiger partial charge in [-0.05, 0) is 12.3 Å². The molecule has 1 fully saturated rings. The van der Waals surface area contributed by atoms with E-state index in [0.29, 0.717) is 11.8 Å². The minimum Gasteiger partial charge on any atom is -0.381 e. The molecule has 0 aromatic rings. The Kier molecular flexibility index (Phi) is 4.69. The number of amides is 1. The molecule has 0 saturated carbocycles. The van der Waals surface area contributed by atoms with Crippen molar-refractivity contribution < 1.29 is 9.53 Å². The molecule has 1 heterocycles. The molecule has 0 aromatic carbocycles. The number of ether oxygens (including phenoxy) is 1. The third kappa shape index (κ3) is 3.14. The van der Waals surface area contributed by atoms with Gasteiger partial charge in [-0.1, -0.05) is 13.8 Å². The van der Waals surface area contributed by atoms with Gasteiger partial charge in [0.25, 0.3) is 0 Å². The first-order valence-corrected chi connectivity index (χ1v) is 5.62. The second-order valence-corrected chi connectivity index (χ2v) is 4.32. The summed E-state index contributed by atoms with van der Waals surface area (Å²) in [7, 11) is 0. The van der Waals surface area contributed by atoms with Crippen LogP contribution in [0.4, 0.5) is 0 Å². The van der Waals surface area contributed by atoms with Crippen LogP contribution in [-0.4, -0.2) is 31.0 Å². The third-order valence-electron chi connectivity index (χ3n) is 2.65. The van der Waals surface area contributed by atoms with Crippen molar-refractivity contribution in [2.24, 2.45) is 11.8 Å². The monoisotopic (exact) mass is 219 g/mol. The highest BCUT2D eigenvalue weighted by Crippen LogP contribution is 2.14. The zero-order valence-electron chi connectivity index (χ0n) is 8.75. The number of hydrogen-bond donors (Lipinski definition) is 1. The smallest absolute Gasteiger partial charge is 0.224 e. The molecule has 0 radical (unpaired) electrons. The first-order chi connectivity index (χ1) is 6.65. The number of carbonyl (C=O) groups excluding carboxylic acids is 1. The topological polar surface area (TPSA) is 38.3 Å². The highest BCUT2D eigenvalue weighted by molar-refractivity contribution is 6.19. The van der Waals surface area contributed by atoms with E-state index in [1.165, 1.54) is 0 Å². The molecule has 1 aliphatic heterocycles. The van der Waals surface area contributed by atoms with E-state index in [-0.39, 0.29) is 17.9 Å². The molecule has 1 aliphatic rings. The van der Waals surface area contributed by atoms with Crippen molar-refractivity contribution in [1.29, 1.82) is 0 Å². The number of nitrogens with one attached hydrogen (secondary N) is 1. The largest absolute Gasteiger partial charge is 0.381 e. The summed E-state index contributed by atoms with van der Waals surface area (Å²) in [6.07, 6.45) is 0.905. The van der Waals surface area contributed by atoms with Crippen molar-refractivity contribution in [2.75, 3.05) is 19.1 Å². The van der Waals surface area contributed by atoms with Gasteiger partial charge in [-0.15, -0.1) is 11.6 Å². The van der Waals surface area contributed by atoms with Crippen LogP contribution in [-0.2, 0) is 9.53 Å². The van der Waals surface area contributed by atoms with Crippen LogP contribution in [0.1, 0.15) is 20.3 Å². The van der Waals surface area contributed by atoms with Gasteiger partial charge in [0.05, 0.1) is 6.61 Å². The maximum absolute atomic E-state index is 11.6. The van der Waals surface area contributed by atoms with Gasteiger partial charge in [0.1, 0.15) is 0 Å². The highest BCUT2D eigenvalue weighted by Gasteiger charge is 2.24. The summed E-state index contributed by atoms with van der Waals surface area (Å²) in [4.78, 5) is 11.6. The zero-order chi connectivity index (χ0) is 10.6. The van der Waals surface area contributed by atoms with Crippen LogP contribution < -0.4 is 5.32 Å². The van der Waals surface area contributed by atoms with Crippen molar-refractivity contribution in [1.82, 2.24) is 5.32 Å². The normalized spacial score (nSPS) is 29.6. The fourth-order valence-corrected chi connectivity index (χ4v) is 1.63. The lowest BCUT2D eigenvalue weighted by Gasteiger charge is -2.30. The van der Waals surface area contributed by atoms with Crippen LogP contribution >= 0.6 is 11.6 Å². The first-order valence-electron chi connectivity index (χ1n) is 5.09. The summed E-state index contributed by atoms with van der Waals surface area (Å²) in [6.45, 7) is 5.41. The van der Waals surface area contributed by atoms with Crippen LogP contribution in [0.2, 0.25) is 0 Å². The van der Waals surface area contributed by atoms with E-state index in [4.69, 9.17) is 16.3 Å². The van der Waals surface area contributed by atoms with E-state index in [1.54, 1.807) is 0 Å². The van der Waals surface area contributed by atoms with Crippen molar-refractivity contribution in [3.8, 4) is 0 Å². The number of alkyl halides is 1. The minimum absolute atomic E-state index is 0.0544. The number of carbonyl (C=O) groups is 1. The fraction of sp³-hybridized carbons (Fsp3) is 0.900. The summed E-state index contributed by atoms with van der Waals surface area (Å²) < 4.78 is 5.30. The third-order valence-corrected chi connectivity index (χ3v) is 3.11. The van der Waals surface area contributed by atoms with E-state index >= 15 is 0 Å². The van der Waals surface area contributed by atoms with Crippen LogP contribution in [0.3, 0.4) is 0 Å². The molecule has 0 aromatic heterocycles. The molecule has 0 spiro atoms. The van der Waals surface area contributed by atoms with E-state index in [9.17, 15) is 4.79 Å². The second-order valence-electron chi connectivity index (χ2n) is 4.01. The van der Waals surface area contributed by atoms with Crippen molar-refractivity contribution in [3.63, 3.8) is 0 Å². The number of hydrogen-bond acceptors (Lipinski definition) is 2.